The van der Waals surface area contributed by atoms with Crippen molar-refractivity contribution in [2.45, 2.75) is 26.7 Å². The SMILES string of the molecule is CC(C)(CCCCl)CNC(=O)c1cc(Br)sc1Br. The predicted molar refractivity (Wildman–Crippen MR) is 85.8 cm³/mol. The molecule has 0 saturated carbocycles. The van der Waals surface area contributed by atoms with Gasteiger partial charge in [-0.3, -0.25) is 4.79 Å². The summed E-state index contributed by atoms with van der Waals surface area (Å²) in [6.07, 6.45) is 1.98. The third kappa shape index (κ3) is 5.19. The van der Waals surface area contributed by atoms with E-state index in [4.69, 9.17) is 11.6 Å². The van der Waals surface area contributed by atoms with E-state index in [1.807, 2.05) is 6.07 Å². The van der Waals surface area contributed by atoms with E-state index in [0.29, 0.717) is 18.0 Å². The Kier molecular flexibility index (Phi) is 6.65. The maximum Gasteiger partial charge on any atom is 0.253 e. The van der Waals surface area contributed by atoms with Gasteiger partial charge in [-0.25, -0.2) is 0 Å². The first kappa shape index (κ1) is 16.5. The van der Waals surface area contributed by atoms with Crippen LogP contribution in [0.5, 0.6) is 0 Å². The van der Waals surface area contributed by atoms with Crippen LogP contribution in [0, 0.1) is 5.41 Å². The van der Waals surface area contributed by atoms with E-state index in [2.05, 4.69) is 51.0 Å². The lowest BCUT2D eigenvalue weighted by molar-refractivity contribution is 0.0934. The number of rotatable bonds is 6. The Morgan fingerprint density at radius 1 is 1.50 bits per heavy atom. The van der Waals surface area contributed by atoms with Crippen LogP contribution in [0.25, 0.3) is 0 Å². The first-order valence-electron chi connectivity index (χ1n) is 5.65. The molecule has 1 aromatic heterocycles. The third-order valence-corrected chi connectivity index (χ3v) is 5.22. The highest BCUT2D eigenvalue weighted by atomic mass is 79.9. The molecule has 0 radical (unpaired) electrons. The Hall–Kier alpha value is 0.420. The summed E-state index contributed by atoms with van der Waals surface area (Å²) < 4.78 is 1.80. The Labute approximate surface area is 134 Å². The smallest absolute Gasteiger partial charge is 0.253 e. The van der Waals surface area contributed by atoms with Crippen LogP contribution in [0.1, 0.15) is 37.0 Å². The van der Waals surface area contributed by atoms with Crippen molar-refractivity contribution < 1.29 is 4.79 Å². The van der Waals surface area contributed by atoms with Gasteiger partial charge >= 0.3 is 0 Å². The van der Waals surface area contributed by atoms with Gasteiger partial charge in [-0.05, 0) is 56.2 Å². The molecule has 6 heteroatoms. The molecule has 1 amide bonds. The quantitative estimate of drug-likeness (QED) is 0.645. The summed E-state index contributed by atoms with van der Waals surface area (Å²) in [4.78, 5) is 12.0. The average molecular weight is 418 g/mol. The standard InChI is InChI=1S/C12H16Br2ClNOS/c1-12(2,4-3-5-15)7-16-11(17)8-6-9(13)18-10(8)14/h6H,3-5,7H2,1-2H3,(H,16,17). The number of halogens is 3. The fraction of sp³-hybridized carbons (Fsp3) is 0.583. The van der Waals surface area contributed by atoms with Crippen LogP contribution in [0.15, 0.2) is 13.6 Å². The number of amides is 1. The predicted octanol–water partition coefficient (Wildman–Crippen LogP) is 5.05. The summed E-state index contributed by atoms with van der Waals surface area (Å²) in [5.74, 6) is 0.628. The van der Waals surface area contributed by atoms with Crippen molar-refractivity contribution in [3.63, 3.8) is 0 Å². The molecule has 0 bridgehead atoms. The van der Waals surface area contributed by atoms with Crippen LogP contribution in [0.3, 0.4) is 0 Å². The number of nitrogens with one attached hydrogen (secondary N) is 1. The molecule has 0 saturated heterocycles. The lowest BCUT2D eigenvalue weighted by Gasteiger charge is -2.24. The molecule has 2 nitrogen and oxygen atoms in total. The molecule has 0 aliphatic rings. The number of alkyl halides is 1. The minimum absolute atomic E-state index is 0.0391. The van der Waals surface area contributed by atoms with E-state index in [-0.39, 0.29) is 11.3 Å². The van der Waals surface area contributed by atoms with Crippen molar-refractivity contribution in [1.82, 2.24) is 5.32 Å². The molecule has 0 aromatic carbocycles. The highest BCUT2D eigenvalue weighted by Gasteiger charge is 2.20. The second kappa shape index (κ2) is 7.27. The average Bonchev–Trinajstić information content (AvgIpc) is 2.63. The molecule has 0 aliphatic heterocycles. The van der Waals surface area contributed by atoms with Crippen LogP contribution in [-0.2, 0) is 0 Å². The molecule has 0 aliphatic carbocycles. The van der Waals surface area contributed by atoms with Gasteiger partial charge in [-0.1, -0.05) is 13.8 Å². The Morgan fingerprint density at radius 2 is 2.17 bits per heavy atom. The third-order valence-electron chi connectivity index (χ3n) is 2.62. The van der Waals surface area contributed by atoms with Gasteiger partial charge in [0.2, 0.25) is 0 Å². The largest absolute Gasteiger partial charge is 0.351 e. The molecule has 18 heavy (non-hydrogen) atoms. The number of carbonyl (C=O) groups excluding carboxylic acids is 1. The second-order valence-electron chi connectivity index (χ2n) is 4.88. The van der Waals surface area contributed by atoms with Gasteiger partial charge in [-0.2, -0.15) is 0 Å². The van der Waals surface area contributed by atoms with E-state index in [0.717, 1.165) is 20.4 Å². The van der Waals surface area contributed by atoms with Gasteiger partial charge in [-0.15, -0.1) is 22.9 Å². The topological polar surface area (TPSA) is 29.1 Å². The molecular formula is C12H16Br2ClNOS. The van der Waals surface area contributed by atoms with Gasteiger partial charge in [0.05, 0.1) is 13.1 Å². The molecule has 1 aromatic rings. The summed E-state index contributed by atoms with van der Waals surface area (Å²) in [6, 6.07) is 1.83. The van der Waals surface area contributed by atoms with Crippen LogP contribution in [-0.4, -0.2) is 18.3 Å². The molecule has 0 spiro atoms. The van der Waals surface area contributed by atoms with E-state index in [9.17, 15) is 4.79 Å². The number of hydrogen-bond acceptors (Lipinski definition) is 2. The normalized spacial score (nSPS) is 11.6. The van der Waals surface area contributed by atoms with E-state index < -0.39 is 0 Å². The molecule has 102 valence electrons. The molecule has 1 rings (SSSR count). The van der Waals surface area contributed by atoms with Crippen LogP contribution < -0.4 is 5.32 Å². The number of hydrogen-bond donors (Lipinski definition) is 1. The zero-order chi connectivity index (χ0) is 13.8. The van der Waals surface area contributed by atoms with Crippen molar-refractivity contribution in [3.05, 3.63) is 19.2 Å². The number of thiophene rings is 1. The van der Waals surface area contributed by atoms with Gasteiger partial charge in [0.25, 0.3) is 5.91 Å². The van der Waals surface area contributed by atoms with Gasteiger partial charge in [0.15, 0.2) is 0 Å². The minimum atomic E-state index is -0.0391. The molecule has 1 N–H and O–H groups in total. The summed E-state index contributed by atoms with van der Waals surface area (Å²) >= 11 is 14.0. The van der Waals surface area contributed by atoms with E-state index >= 15 is 0 Å². The maximum absolute atomic E-state index is 12.0. The first-order valence-corrected chi connectivity index (χ1v) is 8.58. The van der Waals surface area contributed by atoms with Crippen molar-refractivity contribution in [1.29, 1.82) is 0 Å². The minimum Gasteiger partial charge on any atom is -0.351 e. The molecule has 0 atom stereocenters. The fourth-order valence-electron chi connectivity index (χ4n) is 1.54. The molecular weight excluding hydrogens is 401 g/mol. The summed E-state index contributed by atoms with van der Waals surface area (Å²) in [5, 5.41) is 2.98. The van der Waals surface area contributed by atoms with Gasteiger partial charge in [0.1, 0.15) is 0 Å². The van der Waals surface area contributed by atoms with Crippen molar-refractivity contribution in [2.75, 3.05) is 12.4 Å². The summed E-state index contributed by atoms with van der Waals surface area (Å²) in [5.41, 5.74) is 0.754. The van der Waals surface area contributed by atoms with Gasteiger partial charge < -0.3 is 5.32 Å². The molecule has 0 fully saturated rings. The zero-order valence-corrected chi connectivity index (χ0v) is 15.1. The lowest BCUT2D eigenvalue weighted by Crippen LogP contribution is -2.34. The fourth-order valence-corrected chi connectivity index (χ4v) is 4.47. The molecule has 1 heterocycles. The summed E-state index contributed by atoms with van der Waals surface area (Å²) in [6.45, 7) is 4.93. The monoisotopic (exact) mass is 415 g/mol. The Balaban J connectivity index is 2.53. The van der Waals surface area contributed by atoms with E-state index in [1.165, 1.54) is 11.3 Å². The lowest BCUT2D eigenvalue weighted by atomic mass is 9.88. The zero-order valence-electron chi connectivity index (χ0n) is 10.4. The Bertz CT molecular complexity index is 420. The van der Waals surface area contributed by atoms with Crippen molar-refractivity contribution in [2.24, 2.45) is 5.41 Å². The van der Waals surface area contributed by atoms with Gasteiger partial charge in [0, 0.05) is 12.4 Å². The second-order valence-corrected chi connectivity index (χ2v) is 9.00. The van der Waals surface area contributed by atoms with Crippen molar-refractivity contribution in [3.8, 4) is 0 Å². The summed E-state index contributed by atoms with van der Waals surface area (Å²) in [7, 11) is 0. The maximum atomic E-state index is 12.0. The number of carbonyl (C=O) groups is 1. The first-order chi connectivity index (χ1) is 8.35. The highest BCUT2D eigenvalue weighted by Crippen LogP contribution is 2.32. The van der Waals surface area contributed by atoms with E-state index in [1.54, 1.807) is 0 Å². The van der Waals surface area contributed by atoms with Crippen LogP contribution in [0.2, 0.25) is 0 Å². The Morgan fingerprint density at radius 3 is 2.67 bits per heavy atom. The molecule has 0 unspecified atom stereocenters. The van der Waals surface area contributed by atoms with Crippen molar-refractivity contribution >= 4 is 60.7 Å². The highest BCUT2D eigenvalue weighted by molar-refractivity contribution is 9.12. The van der Waals surface area contributed by atoms with Crippen LogP contribution in [0.4, 0.5) is 0 Å². The van der Waals surface area contributed by atoms with Crippen LogP contribution >= 0.6 is 54.8 Å².